The van der Waals surface area contributed by atoms with Crippen LogP contribution >= 0.6 is 0 Å². The Bertz CT molecular complexity index is 665. The summed E-state index contributed by atoms with van der Waals surface area (Å²) in [5.74, 6) is -0.341. The number of hydrogen-bond acceptors (Lipinski definition) is 3. The van der Waals surface area contributed by atoms with Crippen LogP contribution < -0.4 is 4.90 Å². The Morgan fingerprint density at radius 1 is 1.25 bits per heavy atom. The molecule has 4 rings (SSSR count). The van der Waals surface area contributed by atoms with Gasteiger partial charge in [0, 0.05) is 0 Å². The van der Waals surface area contributed by atoms with E-state index >= 15 is 0 Å². The Balaban J connectivity index is 1.85. The largest absolute Gasteiger partial charge is 0.506 e. The Morgan fingerprint density at radius 2 is 2.00 bits per heavy atom. The van der Waals surface area contributed by atoms with E-state index in [-0.39, 0.29) is 35.3 Å². The summed E-state index contributed by atoms with van der Waals surface area (Å²) in [6.07, 6.45) is 5.03. The molecule has 20 heavy (non-hydrogen) atoms. The predicted molar refractivity (Wildman–Crippen MR) is 72.9 cm³/mol. The molecule has 1 saturated heterocycles. The van der Waals surface area contributed by atoms with Gasteiger partial charge in [0.15, 0.2) is 0 Å². The minimum absolute atomic E-state index is 0.0296. The Hall–Kier alpha value is -2.10. The highest BCUT2D eigenvalue weighted by Gasteiger charge is 2.67. The summed E-state index contributed by atoms with van der Waals surface area (Å²) in [5, 5.41) is 9.94. The van der Waals surface area contributed by atoms with Crippen LogP contribution in [-0.4, -0.2) is 16.9 Å². The molecule has 3 aliphatic rings. The Kier molecular flexibility index (Phi) is 2.05. The van der Waals surface area contributed by atoms with E-state index in [0.29, 0.717) is 5.69 Å². The maximum absolute atomic E-state index is 12.8. The van der Waals surface area contributed by atoms with Crippen molar-refractivity contribution in [1.29, 1.82) is 0 Å². The van der Waals surface area contributed by atoms with E-state index in [0.717, 1.165) is 6.42 Å². The first-order valence-electron chi connectivity index (χ1n) is 6.90. The molecule has 1 saturated carbocycles. The lowest BCUT2D eigenvalue weighted by atomic mass is 9.71. The molecule has 4 atom stereocenters. The van der Waals surface area contributed by atoms with Gasteiger partial charge < -0.3 is 5.11 Å². The molecule has 1 heterocycles. The van der Waals surface area contributed by atoms with E-state index in [1.807, 2.05) is 6.92 Å². The van der Waals surface area contributed by atoms with Crippen molar-refractivity contribution >= 4 is 17.5 Å². The van der Waals surface area contributed by atoms with Gasteiger partial charge in [-0.25, -0.2) is 4.90 Å². The number of phenols is 1. The van der Waals surface area contributed by atoms with Gasteiger partial charge >= 0.3 is 0 Å². The van der Waals surface area contributed by atoms with Crippen LogP contribution in [0, 0.1) is 23.2 Å². The van der Waals surface area contributed by atoms with Gasteiger partial charge in [-0.05, 0) is 37.3 Å². The number of nitrogens with zero attached hydrogens (tertiary/aromatic N) is 1. The Labute approximate surface area is 116 Å². The average molecular weight is 269 g/mol. The van der Waals surface area contributed by atoms with Crippen LogP contribution in [0.15, 0.2) is 36.4 Å². The number of fused-ring (bicyclic) bond motifs is 5. The Morgan fingerprint density at radius 3 is 2.70 bits per heavy atom. The number of anilines is 1. The average Bonchev–Trinajstić information content (AvgIpc) is 3.05. The van der Waals surface area contributed by atoms with Crippen LogP contribution in [0.1, 0.15) is 13.3 Å². The normalized spacial score (nSPS) is 37.9. The molecule has 0 aromatic heterocycles. The number of amides is 2. The number of aromatic hydroxyl groups is 1. The first-order valence-corrected chi connectivity index (χ1v) is 6.90. The number of para-hydroxylation sites is 2. The molecular formula is C16H15NO3. The number of hydrogen-bond donors (Lipinski definition) is 1. The molecular weight excluding hydrogens is 254 g/mol. The lowest BCUT2D eigenvalue weighted by molar-refractivity contribution is -0.127. The number of imide groups is 1. The van der Waals surface area contributed by atoms with E-state index in [1.165, 1.54) is 11.0 Å². The van der Waals surface area contributed by atoms with Crippen molar-refractivity contribution < 1.29 is 14.7 Å². The van der Waals surface area contributed by atoms with Crippen LogP contribution in [0.5, 0.6) is 5.75 Å². The highest BCUT2D eigenvalue weighted by molar-refractivity contribution is 6.25. The monoisotopic (exact) mass is 269 g/mol. The molecule has 0 radical (unpaired) electrons. The number of carbonyl (C=O) groups is 2. The second-order valence-corrected chi connectivity index (χ2v) is 6.12. The molecule has 2 amide bonds. The van der Waals surface area contributed by atoms with Gasteiger partial charge in [-0.2, -0.15) is 0 Å². The minimum atomic E-state index is -0.640. The molecule has 4 heteroatoms. The fourth-order valence-electron chi connectivity index (χ4n) is 4.19. The van der Waals surface area contributed by atoms with Crippen molar-refractivity contribution in [2.24, 2.45) is 23.2 Å². The van der Waals surface area contributed by atoms with Gasteiger partial charge in [0.05, 0.1) is 17.0 Å². The smallest absolute Gasteiger partial charge is 0.241 e. The number of phenolic OH excluding ortho intramolecular Hbond substituents is 1. The standard InChI is InChI=1S/C16H15NO3/c1-16-10-7-6-9(8-10)13(16)14(19)17(15(16)20)11-4-2-3-5-12(11)18/h2-7,9-10,13,18H,8H2,1H3. The zero-order valence-corrected chi connectivity index (χ0v) is 11.1. The summed E-state index contributed by atoms with van der Waals surface area (Å²) < 4.78 is 0. The van der Waals surface area contributed by atoms with Gasteiger partial charge in [-0.1, -0.05) is 24.3 Å². The molecule has 0 spiro atoms. The van der Waals surface area contributed by atoms with Gasteiger partial charge in [0.2, 0.25) is 11.8 Å². The zero-order valence-electron chi connectivity index (χ0n) is 11.1. The number of allylic oxidation sites excluding steroid dienone is 2. The maximum Gasteiger partial charge on any atom is 0.241 e. The number of carbonyl (C=O) groups excluding carboxylic acids is 2. The van der Waals surface area contributed by atoms with Gasteiger partial charge in [-0.3, -0.25) is 9.59 Å². The van der Waals surface area contributed by atoms with Crippen molar-refractivity contribution in [2.75, 3.05) is 4.90 Å². The molecule has 4 unspecified atom stereocenters. The zero-order chi connectivity index (χ0) is 14.1. The number of benzene rings is 1. The van der Waals surface area contributed by atoms with Crippen molar-refractivity contribution in [2.45, 2.75) is 13.3 Å². The summed E-state index contributed by atoms with van der Waals surface area (Å²) in [6.45, 7) is 1.89. The topological polar surface area (TPSA) is 57.6 Å². The third-order valence-electron chi connectivity index (χ3n) is 5.23. The summed E-state index contributed by atoms with van der Waals surface area (Å²) in [6, 6.07) is 6.51. The molecule has 102 valence electrons. The van der Waals surface area contributed by atoms with Crippen molar-refractivity contribution in [1.82, 2.24) is 0 Å². The predicted octanol–water partition coefficient (Wildman–Crippen LogP) is 2.09. The first-order chi connectivity index (χ1) is 9.55. The summed E-state index contributed by atoms with van der Waals surface area (Å²) in [4.78, 5) is 26.7. The SMILES string of the molecule is CC12C(=O)N(c3ccccc3O)C(=O)C1C1C=CC2C1. The second kappa shape index (κ2) is 3.51. The van der Waals surface area contributed by atoms with Gasteiger partial charge in [0.25, 0.3) is 0 Å². The van der Waals surface area contributed by atoms with Crippen molar-refractivity contribution in [3.8, 4) is 5.75 Å². The third-order valence-corrected chi connectivity index (χ3v) is 5.23. The van der Waals surface area contributed by atoms with E-state index < -0.39 is 5.41 Å². The van der Waals surface area contributed by atoms with Crippen LogP contribution in [0.2, 0.25) is 0 Å². The van der Waals surface area contributed by atoms with E-state index in [9.17, 15) is 14.7 Å². The van der Waals surface area contributed by atoms with E-state index in [1.54, 1.807) is 18.2 Å². The summed E-state index contributed by atoms with van der Waals surface area (Å²) in [7, 11) is 0. The molecule has 2 fully saturated rings. The molecule has 1 aliphatic heterocycles. The van der Waals surface area contributed by atoms with Crippen LogP contribution in [0.25, 0.3) is 0 Å². The van der Waals surface area contributed by atoms with Gasteiger partial charge in [-0.15, -0.1) is 0 Å². The summed E-state index contributed by atoms with van der Waals surface area (Å²) in [5.41, 5.74) is -0.337. The van der Waals surface area contributed by atoms with E-state index in [4.69, 9.17) is 0 Å². The maximum atomic E-state index is 12.8. The van der Waals surface area contributed by atoms with Gasteiger partial charge in [0.1, 0.15) is 5.75 Å². The number of rotatable bonds is 1. The van der Waals surface area contributed by atoms with Crippen molar-refractivity contribution in [3.05, 3.63) is 36.4 Å². The lowest BCUT2D eigenvalue weighted by Crippen LogP contribution is -2.37. The molecule has 1 N–H and O–H groups in total. The molecule has 1 aromatic carbocycles. The van der Waals surface area contributed by atoms with Crippen molar-refractivity contribution in [3.63, 3.8) is 0 Å². The third kappa shape index (κ3) is 1.13. The van der Waals surface area contributed by atoms with Crippen LogP contribution in [0.4, 0.5) is 5.69 Å². The van der Waals surface area contributed by atoms with Crippen LogP contribution in [-0.2, 0) is 9.59 Å². The quantitative estimate of drug-likeness (QED) is 0.627. The second-order valence-electron chi connectivity index (χ2n) is 6.12. The fourth-order valence-corrected chi connectivity index (χ4v) is 4.19. The lowest BCUT2D eigenvalue weighted by Gasteiger charge is -2.28. The molecule has 2 aliphatic carbocycles. The highest BCUT2D eigenvalue weighted by atomic mass is 16.3. The highest BCUT2D eigenvalue weighted by Crippen LogP contribution is 2.61. The molecule has 1 aromatic rings. The van der Waals surface area contributed by atoms with Crippen LogP contribution in [0.3, 0.4) is 0 Å². The first kappa shape index (κ1) is 11.7. The van der Waals surface area contributed by atoms with E-state index in [2.05, 4.69) is 12.2 Å². The summed E-state index contributed by atoms with van der Waals surface area (Å²) >= 11 is 0. The molecule has 4 nitrogen and oxygen atoms in total. The fraction of sp³-hybridized carbons (Fsp3) is 0.375. The molecule has 2 bridgehead atoms. The minimum Gasteiger partial charge on any atom is -0.506 e.